The molecular weight excluding hydrogens is 769 g/mol. The summed E-state index contributed by atoms with van der Waals surface area (Å²) < 4.78 is 25.4. The molecule has 6 aromatic rings. The fourth-order valence-corrected chi connectivity index (χ4v) is 7.53. The van der Waals surface area contributed by atoms with Gasteiger partial charge in [0, 0.05) is 50.9 Å². The number of nitrogens with two attached hydrogens (primary N) is 1. The van der Waals surface area contributed by atoms with E-state index < -0.39 is 11.8 Å². The van der Waals surface area contributed by atoms with Crippen molar-refractivity contribution >= 4 is 51.7 Å². The quantitative estimate of drug-likeness (QED) is 0.0815. The number of hydrogen-bond donors (Lipinski definition) is 3. The van der Waals surface area contributed by atoms with Gasteiger partial charge in [0.25, 0.3) is 11.8 Å². The average Bonchev–Trinajstić information content (AvgIpc) is 4.01. The Morgan fingerprint density at radius 1 is 0.850 bits per heavy atom. The first-order chi connectivity index (χ1) is 29.0. The van der Waals surface area contributed by atoms with Crippen molar-refractivity contribution in [3.05, 3.63) is 70.3 Å². The van der Waals surface area contributed by atoms with Gasteiger partial charge in [0.1, 0.15) is 40.5 Å². The molecule has 1 atom stereocenters. The summed E-state index contributed by atoms with van der Waals surface area (Å²) in [6.45, 7) is 12.7. The lowest BCUT2D eigenvalue weighted by atomic mass is 10.1. The molecule has 60 heavy (non-hydrogen) atoms. The predicted molar refractivity (Wildman–Crippen MR) is 223 cm³/mol. The van der Waals surface area contributed by atoms with Gasteiger partial charge in [-0.2, -0.15) is 15.5 Å². The number of nitriles is 1. The van der Waals surface area contributed by atoms with Crippen molar-refractivity contribution in [2.75, 3.05) is 37.1 Å². The van der Waals surface area contributed by atoms with E-state index in [1.54, 1.807) is 45.8 Å². The molecule has 7 rings (SSSR count). The molecule has 3 amide bonds. The van der Waals surface area contributed by atoms with Crippen LogP contribution in [0.3, 0.4) is 0 Å². The van der Waals surface area contributed by atoms with E-state index >= 15 is 0 Å². The Hall–Kier alpha value is -6.74. The Morgan fingerprint density at radius 3 is 2.15 bits per heavy atom. The van der Waals surface area contributed by atoms with Crippen molar-refractivity contribution < 1.29 is 28.6 Å². The summed E-state index contributed by atoms with van der Waals surface area (Å²) in [5, 5.41) is 24.6. The lowest BCUT2D eigenvalue weighted by Crippen LogP contribution is -2.26. The molecular formula is C42H50N12O6. The molecule has 0 saturated carbocycles. The highest BCUT2D eigenvalue weighted by Gasteiger charge is 2.30. The molecule has 0 saturated heterocycles. The van der Waals surface area contributed by atoms with Gasteiger partial charge in [-0.05, 0) is 77.3 Å². The molecule has 1 aliphatic rings. The van der Waals surface area contributed by atoms with Gasteiger partial charge in [-0.25, -0.2) is 9.97 Å². The first-order valence-corrected chi connectivity index (χ1v) is 20.4. The summed E-state index contributed by atoms with van der Waals surface area (Å²) >= 11 is 0. The Morgan fingerprint density at radius 2 is 1.50 bits per heavy atom. The van der Waals surface area contributed by atoms with Crippen LogP contribution in [0, 0.1) is 25.2 Å². The average molecular weight is 819 g/mol. The summed E-state index contributed by atoms with van der Waals surface area (Å²) in [5.41, 5.74) is 10.7. The number of primary amides is 1. The summed E-state index contributed by atoms with van der Waals surface area (Å²) in [7, 11) is 0. The minimum absolute atomic E-state index is 0.215. The van der Waals surface area contributed by atoms with E-state index in [4.69, 9.17) is 29.9 Å². The number of carbonyl (C=O) groups is 3. The number of imidazole rings is 2. The van der Waals surface area contributed by atoms with Gasteiger partial charge in [-0.15, -0.1) is 0 Å². The van der Waals surface area contributed by atoms with Crippen LogP contribution in [0.4, 0.5) is 11.9 Å². The molecule has 314 valence electrons. The summed E-state index contributed by atoms with van der Waals surface area (Å²) in [6.07, 6.45) is 3.71. The molecule has 0 radical (unpaired) electrons. The van der Waals surface area contributed by atoms with Gasteiger partial charge in [0.05, 0.1) is 46.7 Å². The molecule has 0 bridgehead atoms. The molecule has 0 unspecified atom stereocenters. The molecule has 1 aliphatic heterocycles. The number of aromatic nitrogens is 8. The van der Waals surface area contributed by atoms with Crippen LogP contribution in [0.25, 0.3) is 22.1 Å². The summed E-state index contributed by atoms with van der Waals surface area (Å²) in [6, 6.07) is 11.9. The number of unbranched alkanes of at least 4 members (excludes halogenated alkanes) is 1. The van der Waals surface area contributed by atoms with Crippen molar-refractivity contribution in [2.24, 2.45) is 5.73 Å². The fraction of sp³-hybridized carbons (Fsp3) is 0.429. The number of hydrogen-bond acceptors (Lipinski definition) is 11. The number of aryl methyl sites for hydroxylation is 5. The maximum absolute atomic E-state index is 13.8. The second-order valence-corrected chi connectivity index (χ2v) is 14.7. The van der Waals surface area contributed by atoms with Crippen LogP contribution in [0.15, 0.2) is 36.4 Å². The summed E-state index contributed by atoms with van der Waals surface area (Å²) in [4.78, 5) is 49.6. The zero-order valence-corrected chi connectivity index (χ0v) is 34.6. The van der Waals surface area contributed by atoms with Crippen LogP contribution in [-0.2, 0) is 24.4 Å². The van der Waals surface area contributed by atoms with E-state index in [1.807, 2.05) is 36.8 Å². The Balaban J connectivity index is 1.22. The van der Waals surface area contributed by atoms with E-state index in [1.165, 1.54) is 0 Å². The lowest BCUT2D eigenvalue weighted by molar-refractivity contribution is 0.0994. The van der Waals surface area contributed by atoms with Crippen molar-refractivity contribution in [3.8, 4) is 17.6 Å². The molecule has 4 aromatic heterocycles. The second-order valence-electron chi connectivity index (χ2n) is 14.7. The van der Waals surface area contributed by atoms with E-state index in [0.717, 1.165) is 12.8 Å². The summed E-state index contributed by atoms with van der Waals surface area (Å²) in [5.74, 6) is 0.0537. The van der Waals surface area contributed by atoms with Crippen molar-refractivity contribution in [1.82, 2.24) is 38.7 Å². The van der Waals surface area contributed by atoms with Crippen molar-refractivity contribution in [2.45, 2.75) is 92.4 Å². The van der Waals surface area contributed by atoms with E-state index in [2.05, 4.69) is 33.8 Å². The standard InChI is InChI=1S/C42H50N12O6/c1-6-9-14-58-15-11-16-59-35-22-28(38(44)55)21-31-36(35)51(41(45-31)47-39(56)32-17-25(4)49-52(32)7-2)13-10-12-29-24-60-34-20-27(23-43)19-30-37(34)54(29)42(46-30)48-40(57)33-18-26(5)50-53(33)8-3/h17-22,29H,6-16,24H2,1-5H3,(H2,44,55)(H,45,47,56)(H,46,48,57)/t29-/m0/s1. The van der Waals surface area contributed by atoms with E-state index in [-0.39, 0.29) is 30.1 Å². The van der Waals surface area contributed by atoms with Crippen molar-refractivity contribution in [1.29, 1.82) is 5.26 Å². The third kappa shape index (κ3) is 8.52. The van der Waals surface area contributed by atoms with Crippen LogP contribution in [0.5, 0.6) is 11.5 Å². The largest absolute Gasteiger partial charge is 0.491 e. The molecule has 4 N–H and O–H groups in total. The Bertz CT molecular complexity index is 2610. The molecule has 0 aliphatic carbocycles. The van der Waals surface area contributed by atoms with Crippen LogP contribution in [-0.4, -0.2) is 82.8 Å². The van der Waals surface area contributed by atoms with Gasteiger partial charge in [-0.1, -0.05) is 13.3 Å². The van der Waals surface area contributed by atoms with Gasteiger partial charge < -0.3 is 29.1 Å². The fourth-order valence-electron chi connectivity index (χ4n) is 7.53. The predicted octanol–water partition coefficient (Wildman–Crippen LogP) is 5.91. The monoisotopic (exact) mass is 818 g/mol. The zero-order valence-electron chi connectivity index (χ0n) is 34.6. The highest BCUT2D eigenvalue weighted by molar-refractivity contribution is 6.05. The molecule has 0 fully saturated rings. The van der Waals surface area contributed by atoms with Gasteiger partial charge in [-0.3, -0.25) is 34.4 Å². The van der Waals surface area contributed by atoms with Crippen molar-refractivity contribution in [3.63, 3.8) is 0 Å². The van der Waals surface area contributed by atoms with Crippen LogP contribution in [0.2, 0.25) is 0 Å². The Kier molecular flexibility index (Phi) is 12.4. The van der Waals surface area contributed by atoms with Crippen LogP contribution < -0.4 is 25.8 Å². The number of fused-ring (bicyclic) bond motifs is 1. The number of nitrogens with zero attached hydrogens (tertiary/aromatic N) is 9. The SMILES string of the molecule is CCCCOCCCOc1cc(C(N)=O)cc2nc(NC(=O)c3cc(C)nn3CC)n(CCC[C@H]3COc4cc(C#N)cc5nc(NC(=O)c6cc(C)nn6CC)n3c45)c12. The first kappa shape index (κ1) is 41.4. The maximum atomic E-state index is 13.8. The van der Waals surface area contributed by atoms with Crippen LogP contribution >= 0.6 is 0 Å². The van der Waals surface area contributed by atoms with E-state index in [0.29, 0.717) is 127 Å². The topological polar surface area (TPSA) is 224 Å². The van der Waals surface area contributed by atoms with Gasteiger partial charge >= 0.3 is 0 Å². The minimum Gasteiger partial charge on any atom is -0.491 e. The molecule has 18 nitrogen and oxygen atoms in total. The third-order valence-corrected chi connectivity index (χ3v) is 10.3. The zero-order chi connectivity index (χ0) is 42.5. The number of carbonyl (C=O) groups excluding carboxylic acids is 3. The van der Waals surface area contributed by atoms with E-state index in [9.17, 15) is 19.6 Å². The smallest absolute Gasteiger partial charge is 0.276 e. The highest BCUT2D eigenvalue weighted by atomic mass is 16.5. The third-order valence-electron chi connectivity index (χ3n) is 10.3. The number of amides is 3. The number of nitrogens with one attached hydrogen (secondary N) is 2. The molecule has 0 spiro atoms. The van der Waals surface area contributed by atoms with Crippen LogP contribution in [0.1, 0.15) is 107 Å². The van der Waals surface area contributed by atoms with Gasteiger partial charge in [0.2, 0.25) is 17.8 Å². The molecule has 2 aromatic carbocycles. The number of ether oxygens (including phenoxy) is 3. The lowest BCUT2D eigenvalue weighted by Gasteiger charge is -2.27. The molecule has 5 heterocycles. The number of benzene rings is 2. The van der Waals surface area contributed by atoms with Gasteiger partial charge in [0.15, 0.2) is 0 Å². The minimum atomic E-state index is -0.643. The first-order valence-electron chi connectivity index (χ1n) is 20.4. The number of rotatable bonds is 19. The maximum Gasteiger partial charge on any atom is 0.276 e. The number of anilines is 2. The Labute approximate surface area is 346 Å². The highest BCUT2D eigenvalue weighted by Crippen LogP contribution is 2.39. The second kappa shape index (κ2) is 18.0. The normalized spacial score (nSPS) is 13.4. The molecule has 18 heteroatoms.